The molecule has 1 unspecified atom stereocenters. The molecule has 0 aliphatic heterocycles. The molecule has 0 rings (SSSR count). The van der Waals surface area contributed by atoms with Gasteiger partial charge in [0.1, 0.15) is 5.78 Å². The van der Waals surface area contributed by atoms with Gasteiger partial charge in [0.25, 0.3) is 0 Å². The predicted octanol–water partition coefficient (Wildman–Crippen LogP) is 4.56. The molecule has 0 spiro atoms. The lowest BCUT2D eigenvalue weighted by Crippen LogP contribution is -2.40. The third-order valence-corrected chi connectivity index (χ3v) is 4.48. The fourth-order valence-corrected chi connectivity index (χ4v) is 3.21. The van der Waals surface area contributed by atoms with Crippen LogP contribution in [-0.2, 0) is 9.22 Å². The average Bonchev–Trinajstić information content (AvgIpc) is 2.24. The van der Waals surface area contributed by atoms with Gasteiger partial charge in [-0.3, -0.25) is 4.79 Å². The van der Waals surface area contributed by atoms with E-state index < -0.39 is 9.04 Å². The smallest absolute Gasteiger partial charge is 0.228 e. The number of carbonyl (C=O) groups excluding carboxylic acids is 1. The molecule has 19 heavy (non-hydrogen) atoms. The first kappa shape index (κ1) is 18.4. The van der Waals surface area contributed by atoms with E-state index in [0.717, 1.165) is 6.42 Å². The average molecular weight is 285 g/mol. The summed E-state index contributed by atoms with van der Waals surface area (Å²) >= 11 is 0. The van der Waals surface area contributed by atoms with Gasteiger partial charge in [-0.2, -0.15) is 0 Å². The Hall–Kier alpha value is -0.573. The Balaban J connectivity index is 4.94. The van der Waals surface area contributed by atoms with Crippen molar-refractivity contribution in [3.63, 3.8) is 0 Å². The Morgan fingerprint density at radius 2 is 1.74 bits per heavy atom. The van der Waals surface area contributed by atoms with Gasteiger partial charge in [-0.1, -0.05) is 47.6 Å². The Labute approximate surface area is 121 Å². The first-order chi connectivity index (χ1) is 8.53. The number of rotatable bonds is 7. The van der Waals surface area contributed by atoms with Crippen LogP contribution in [0.15, 0.2) is 12.3 Å². The zero-order chi connectivity index (χ0) is 15.3. The molecule has 1 atom stereocenters. The van der Waals surface area contributed by atoms with Gasteiger partial charge in [0, 0.05) is 11.8 Å². The summed E-state index contributed by atoms with van der Waals surface area (Å²) in [5.74, 6) is 0.668. The largest absolute Gasteiger partial charge is 0.553 e. The van der Waals surface area contributed by atoms with Gasteiger partial charge < -0.3 is 4.43 Å². The van der Waals surface area contributed by atoms with E-state index in [2.05, 4.69) is 53.8 Å². The molecule has 3 heteroatoms. The highest BCUT2D eigenvalue weighted by Gasteiger charge is 2.41. The minimum absolute atomic E-state index is 0.105. The molecule has 0 N–H and O–H groups in total. The van der Waals surface area contributed by atoms with Crippen LogP contribution in [0.3, 0.4) is 0 Å². The van der Waals surface area contributed by atoms with Crippen molar-refractivity contribution in [1.82, 2.24) is 0 Å². The minimum Gasteiger partial charge on any atom is -0.553 e. The summed E-state index contributed by atoms with van der Waals surface area (Å²) in [5, 5.41) is 0. The highest BCUT2D eigenvalue weighted by molar-refractivity contribution is 6.48. The van der Waals surface area contributed by atoms with Gasteiger partial charge in [-0.25, -0.2) is 0 Å². The van der Waals surface area contributed by atoms with Crippen LogP contribution in [0.1, 0.15) is 54.4 Å². The van der Waals surface area contributed by atoms with Crippen LogP contribution in [0.2, 0.25) is 13.1 Å². The van der Waals surface area contributed by atoms with E-state index in [9.17, 15) is 4.79 Å². The summed E-state index contributed by atoms with van der Waals surface area (Å²) in [6, 6.07) is 0. The van der Waals surface area contributed by atoms with E-state index in [-0.39, 0.29) is 10.8 Å². The van der Waals surface area contributed by atoms with Crippen LogP contribution in [0.4, 0.5) is 0 Å². The van der Waals surface area contributed by atoms with E-state index in [1.165, 1.54) is 0 Å². The van der Waals surface area contributed by atoms with Crippen molar-refractivity contribution in [1.29, 1.82) is 0 Å². The normalized spacial score (nSPS) is 15.0. The van der Waals surface area contributed by atoms with Crippen molar-refractivity contribution in [2.45, 2.75) is 67.5 Å². The molecule has 0 aliphatic rings. The lowest BCUT2D eigenvalue weighted by Gasteiger charge is -2.41. The molecule has 0 bridgehead atoms. The van der Waals surface area contributed by atoms with E-state index in [4.69, 9.17) is 4.43 Å². The number of hydrogen-bond donors (Lipinski definition) is 0. The highest BCUT2D eigenvalue weighted by Crippen LogP contribution is 2.43. The second-order valence-corrected chi connectivity index (χ2v) is 9.58. The van der Waals surface area contributed by atoms with Gasteiger partial charge in [0.05, 0.1) is 6.26 Å². The van der Waals surface area contributed by atoms with Crippen molar-refractivity contribution >= 4 is 14.8 Å². The zero-order valence-electron chi connectivity index (χ0n) is 14.0. The monoisotopic (exact) mass is 284 g/mol. The maximum absolute atomic E-state index is 12.2. The molecule has 0 aromatic rings. The van der Waals surface area contributed by atoms with Crippen molar-refractivity contribution in [2.24, 2.45) is 16.7 Å². The lowest BCUT2D eigenvalue weighted by atomic mass is 9.62. The molecule has 2 nitrogen and oxygen atoms in total. The summed E-state index contributed by atoms with van der Waals surface area (Å²) < 4.78 is 5.58. The quantitative estimate of drug-likeness (QED) is 0.506. The Kier molecular flexibility index (Phi) is 7.05. The number of Topliss-reactive ketones (excluding diaryl/α,β-unsaturated/α-hetero) is 1. The third-order valence-electron chi connectivity index (χ3n) is 3.78. The maximum Gasteiger partial charge on any atom is 0.228 e. The molecule has 0 saturated heterocycles. The number of allylic oxidation sites excluding steroid dienone is 1. The first-order valence-corrected chi connectivity index (χ1v) is 10.1. The standard InChI is InChI=1S/C16H32O2Si/c1-9-14(17)16(5,6)13(15(2,3)4)11-10-12-18-19(7)8/h10,12-13,19H,9,11H2,1-8H3. The van der Waals surface area contributed by atoms with Crippen molar-refractivity contribution in [3.05, 3.63) is 12.3 Å². The van der Waals surface area contributed by atoms with Crippen LogP contribution < -0.4 is 0 Å². The lowest BCUT2D eigenvalue weighted by molar-refractivity contribution is -0.132. The number of hydrogen-bond acceptors (Lipinski definition) is 2. The fraction of sp³-hybridized carbons (Fsp3) is 0.812. The van der Waals surface area contributed by atoms with E-state index in [0.29, 0.717) is 18.1 Å². The highest BCUT2D eigenvalue weighted by atomic mass is 28.3. The predicted molar refractivity (Wildman–Crippen MR) is 85.7 cm³/mol. The molecule has 0 radical (unpaired) electrons. The molecule has 0 aliphatic carbocycles. The summed E-state index contributed by atoms with van der Waals surface area (Å²) in [4.78, 5) is 12.2. The maximum atomic E-state index is 12.2. The minimum atomic E-state index is -0.997. The number of ketones is 1. The van der Waals surface area contributed by atoms with Crippen LogP contribution >= 0.6 is 0 Å². The molecular formula is C16H32O2Si. The Bertz CT molecular complexity index is 311. The Morgan fingerprint density at radius 1 is 1.21 bits per heavy atom. The van der Waals surface area contributed by atoms with Gasteiger partial charge >= 0.3 is 0 Å². The van der Waals surface area contributed by atoms with Crippen LogP contribution in [0.25, 0.3) is 0 Å². The molecule has 0 aromatic carbocycles. The van der Waals surface area contributed by atoms with Crippen molar-refractivity contribution in [2.75, 3.05) is 0 Å². The topological polar surface area (TPSA) is 26.3 Å². The van der Waals surface area contributed by atoms with Gasteiger partial charge in [0.15, 0.2) is 0 Å². The number of carbonyl (C=O) groups is 1. The van der Waals surface area contributed by atoms with Crippen LogP contribution in [0.5, 0.6) is 0 Å². The van der Waals surface area contributed by atoms with Crippen LogP contribution in [-0.4, -0.2) is 14.8 Å². The zero-order valence-corrected chi connectivity index (χ0v) is 15.2. The summed E-state index contributed by atoms with van der Waals surface area (Å²) in [7, 11) is -0.997. The fourth-order valence-electron chi connectivity index (χ4n) is 2.78. The molecular weight excluding hydrogens is 252 g/mol. The molecule has 0 aromatic heterocycles. The molecule has 112 valence electrons. The molecule has 0 saturated carbocycles. The molecule has 0 fully saturated rings. The van der Waals surface area contributed by atoms with E-state index >= 15 is 0 Å². The third kappa shape index (κ3) is 5.94. The second kappa shape index (κ2) is 7.27. The molecule has 0 amide bonds. The van der Waals surface area contributed by atoms with E-state index in [1.54, 1.807) is 0 Å². The first-order valence-electron chi connectivity index (χ1n) is 7.37. The summed E-state index contributed by atoms with van der Waals surface area (Å²) in [5.41, 5.74) is -0.180. The van der Waals surface area contributed by atoms with Crippen molar-refractivity contribution < 1.29 is 9.22 Å². The van der Waals surface area contributed by atoms with Crippen molar-refractivity contribution in [3.8, 4) is 0 Å². The Morgan fingerprint density at radius 3 is 2.11 bits per heavy atom. The SMILES string of the molecule is CCC(=O)C(C)(C)C(CC=CO[SiH](C)C)C(C)(C)C. The summed E-state index contributed by atoms with van der Waals surface area (Å²) in [6.45, 7) is 17.1. The van der Waals surface area contributed by atoms with Crippen LogP contribution in [0, 0.1) is 16.7 Å². The second-order valence-electron chi connectivity index (χ2n) is 7.21. The van der Waals surface area contributed by atoms with Gasteiger partial charge in [-0.05, 0) is 30.8 Å². The van der Waals surface area contributed by atoms with Gasteiger partial charge in [-0.15, -0.1) is 0 Å². The summed E-state index contributed by atoms with van der Waals surface area (Å²) in [6.07, 6.45) is 5.43. The van der Waals surface area contributed by atoms with Gasteiger partial charge in [0.2, 0.25) is 9.04 Å². The molecule has 0 heterocycles. The van der Waals surface area contributed by atoms with E-state index in [1.807, 2.05) is 13.2 Å².